The fraction of sp³-hybridized carbons (Fsp3) is 0.194. The van der Waals surface area contributed by atoms with Gasteiger partial charge in [-0.05, 0) is 73.2 Å². The molecule has 0 radical (unpaired) electrons. The number of amides is 3. The standard InChI is InChI=1S/C31H25FN4O8S3/c1-2-44-30(40)17-5-11-20(12-6-17)36-27(38)24-23(16-3-7-18(32)8-4-16)26-29(45-25(24)28(36)39)35(31(41)46-26)15-22(37)34-19-9-13-21(14-10-19)47(33,42)43/h3-14,23-25H,2,15H2,1H3,(H,34,37)(H2,33,42,43)/t23-,24+,25-/m0/s1. The van der Waals surface area contributed by atoms with E-state index in [4.69, 9.17) is 9.88 Å². The first-order valence-electron chi connectivity index (χ1n) is 14.1. The lowest BCUT2D eigenvalue weighted by atomic mass is 9.83. The number of thiazole rings is 1. The van der Waals surface area contributed by atoms with Crippen molar-refractivity contribution in [2.24, 2.45) is 11.1 Å². The van der Waals surface area contributed by atoms with Crippen molar-refractivity contribution >= 4 is 68.2 Å². The van der Waals surface area contributed by atoms with Crippen molar-refractivity contribution < 1.29 is 36.7 Å². The van der Waals surface area contributed by atoms with Crippen LogP contribution in [-0.2, 0) is 35.7 Å². The zero-order valence-corrected chi connectivity index (χ0v) is 26.9. The molecule has 4 aromatic rings. The number of carbonyl (C=O) groups excluding carboxylic acids is 4. The van der Waals surface area contributed by atoms with Crippen molar-refractivity contribution in [3.05, 3.63) is 104 Å². The largest absolute Gasteiger partial charge is 0.462 e. The highest BCUT2D eigenvalue weighted by Gasteiger charge is 2.56. The summed E-state index contributed by atoms with van der Waals surface area (Å²) in [6.45, 7) is 1.41. The van der Waals surface area contributed by atoms with Gasteiger partial charge in [-0.2, -0.15) is 0 Å². The second-order valence-electron chi connectivity index (χ2n) is 10.6. The number of nitrogens with two attached hydrogens (primary N) is 1. The number of halogens is 1. The Hall–Kier alpha value is -4.64. The minimum atomic E-state index is -3.93. The van der Waals surface area contributed by atoms with Gasteiger partial charge in [-0.15, -0.1) is 0 Å². The van der Waals surface area contributed by atoms with E-state index >= 15 is 0 Å². The van der Waals surface area contributed by atoms with E-state index in [0.717, 1.165) is 28.0 Å². The molecular weight excluding hydrogens is 672 g/mol. The number of nitrogens with zero attached hydrogens (tertiary/aromatic N) is 2. The Morgan fingerprint density at radius 3 is 2.23 bits per heavy atom. The molecule has 3 amide bonds. The fourth-order valence-electron chi connectivity index (χ4n) is 5.57. The van der Waals surface area contributed by atoms with E-state index in [9.17, 15) is 36.8 Å². The van der Waals surface area contributed by atoms with Crippen LogP contribution < -0.4 is 20.2 Å². The average Bonchev–Trinajstić information content (AvgIpc) is 3.47. The monoisotopic (exact) mass is 696 g/mol. The molecule has 0 bridgehead atoms. The summed E-state index contributed by atoms with van der Waals surface area (Å²) >= 11 is 1.84. The van der Waals surface area contributed by atoms with Gasteiger partial charge in [-0.1, -0.05) is 35.2 Å². The Morgan fingerprint density at radius 1 is 0.957 bits per heavy atom. The van der Waals surface area contributed by atoms with Crippen LogP contribution in [0.4, 0.5) is 15.8 Å². The molecule has 1 fully saturated rings. The molecule has 0 saturated carbocycles. The van der Waals surface area contributed by atoms with Gasteiger partial charge in [0, 0.05) is 16.5 Å². The van der Waals surface area contributed by atoms with Crippen LogP contribution in [0.2, 0.25) is 0 Å². The summed E-state index contributed by atoms with van der Waals surface area (Å²) in [6.07, 6.45) is 0. The maximum Gasteiger partial charge on any atom is 0.338 e. The number of fused-ring (bicyclic) bond motifs is 2. The molecule has 2 aliphatic heterocycles. The van der Waals surface area contributed by atoms with Gasteiger partial charge in [0.25, 0.3) is 0 Å². The predicted octanol–water partition coefficient (Wildman–Crippen LogP) is 3.31. The lowest BCUT2D eigenvalue weighted by Gasteiger charge is -2.30. The molecule has 0 spiro atoms. The van der Waals surface area contributed by atoms with Crippen LogP contribution in [0.25, 0.3) is 0 Å². The first-order chi connectivity index (χ1) is 22.4. The average molecular weight is 697 g/mol. The number of hydrogen-bond donors (Lipinski definition) is 2. The van der Waals surface area contributed by atoms with Crippen LogP contribution >= 0.6 is 23.1 Å². The second kappa shape index (κ2) is 12.5. The number of thioether (sulfide) groups is 1. The van der Waals surface area contributed by atoms with Crippen molar-refractivity contribution in [2.45, 2.75) is 34.6 Å². The van der Waals surface area contributed by atoms with Gasteiger partial charge in [0.15, 0.2) is 0 Å². The van der Waals surface area contributed by atoms with Gasteiger partial charge in [-0.3, -0.25) is 23.7 Å². The van der Waals surface area contributed by atoms with Crippen molar-refractivity contribution in [3.63, 3.8) is 0 Å². The minimum Gasteiger partial charge on any atom is -0.462 e. The van der Waals surface area contributed by atoms with Crippen LogP contribution in [-0.4, -0.2) is 48.5 Å². The van der Waals surface area contributed by atoms with Gasteiger partial charge >= 0.3 is 10.8 Å². The third kappa shape index (κ3) is 6.12. The van der Waals surface area contributed by atoms with Crippen LogP contribution in [0.5, 0.6) is 0 Å². The Morgan fingerprint density at radius 2 is 1.62 bits per heavy atom. The number of carbonyl (C=O) groups is 4. The summed E-state index contributed by atoms with van der Waals surface area (Å²) in [5.41, 5.74) is 1.26. The fourth-order valence-corrected chi connectivity index (χ4v) is 8.86. The molecule has 47 heavy (non-hydrogen) atoms. The number of nitrogens with one attached hydrogen (secondary N) is 1. The number of anilines is 2. The molecule has 0 unspecified atom stereocenters. The van der Waals surface area contributed by atoms with E-state index in [0.29, 0.717) is 15.5 Å². The smallest absolute Gasteiger partial charge is 0.338 e. The van der Waals surface area contributed by atoms with Gasteiger partial charge in [0.1, 0.15) is 17.6 Å². The third-order valence-electron chi connectivity index (χ3n) is 7.68. The summed E-state index contributed by atoms with van der Waals surface area (Å²) in [5.74, 6) is -4.48. The SMILES string of the molecule is CCOC(=O)c1ccc(N2C(=O)[C@@H]3[C@H](c4ccc(F)cc4)c4sc(=O)n(CC(=O)Nc5ccc(S(N)(=O)=O)cc5)c4S[C@@H]3C2=O)cc1. The summed E-state index contributed by atoms with van der Waals surface area (Å²) in [5, 5.41) is 7.08. The van der Waals surface area contributed by atoms with Crippen LogP contribution in [0.15, 0.2) is 87.5 Å². The van der Waals surface area contributed by atoms with Gasteiger partial charge in [-0.25, -0.2) is 27.6 Å². The highest BCUT2D eigenvalue weighted by molar-refractivity contribution is 8.00. The first-order valence-corrected chi connectivity index (χ1v) is 17.3. The molecule has 3 atom stereocenters. The van der Waals surface area contributed by atoms with Crippen molar-refractivity contribution in [1.82, 2.24) is 4.57 Å². The lowest BCUT2D eigenvalue weighted by Crippen LogP contribution is -2.33. The number of aromatic nitrogens is 1. The Bertz CT molecular complexity index is 2080. The van der Waals surface area contributed by atoms with Gasteiger partial charge in [0.05, 0.1) is 33.7 Å². The zero-order valence-electron chi connectivity index (χ0n) is 24.4. The third-order valence-corrected chi connectivity index (χ3v) is 11.2. The molecule has 6 rings (SSSR count). The minimum absolute atomic E-state index is 0.142. The highest BCUT2D eigenvalue weighted by Crippen LogP contribution is 2.53. The number of primary sulfonamides is 1. The topological polar surface area (TPSA) is 175 Å². The lowest BCUT2D eigenvalue weighted by molar-refractivity contribution is -0.122. The van der Waals surface area contributed by atoms with Crippen LogP contribution in [0.3, 0.4) is 0 Å². The summed E-state index contributed by atoms with van der Waals surface area (Å²) in [6, 6.07) is 16.5. The van der Waals surface area contributed by atoms with E-state index < -0.39 is 68.0 Å². The normalized spacial score (nSPS) is 18.9. The van der Waals surface area contributed by atoms with E-state index in [1.165, 1.54) is 77.4 Å². The highest BCUT2D eigenvalue weighted by atomic mass is 32.2. The number of ether oxygens (including phenoxy) is 1. The van der Waals surface area contributed by atoms with E-state index in [-0.39, 0.29) is 28.4 Å². The van der Waals surface area contributed by atoms with Crippen molar-refractivity contribution in [3.8, 4) is 0 Å². The Kier molecular flexibility index (Phi) is 8.61. The van der Waals surface area contributed by atoms with Crippen molar-refractivity contribution in [1.29, 1.82) is 0 Å². The number of esters is 1. The molecule has 3 heterocycles. The molecule has 12 nitrogen and oxygen atoms in total. The maximum absolute atomic E-state index is 14.0. The number of sulfonamides is 1. The summed E-state index contributed by atoms with van der Waals surface area (Å²) < 4.78 is 43.3. The van der Waals surface area contributed by atoms with E-state index in [1.54, 1.807) is 6.92 Å². The molecule has 1 saturated heterocycles. The summed E-state index contributed by atoms with van der Waals surface area (Å²) in [4.78, 5) is 67.3. The first kappa shape index (κ1) is 32.3. The Balaban J connectivity index is 1.34. The number of rotatable bonds is 8. The molecule has 242 valence electrons. The van der Waals surface area contributed by atoms with Crippen molar-refractivity contribution in [2.75, 3.05) is 16.8 Å². The number of benzene rings is 3. The van der Waals surface area contributed by atoms with Crippen LogP contribution in [0.1, 0.15) is 33.6 Å². The van der Waals surface area contributed by atoms with Gasteiger partial charge in [0.2, 0.25) is 27.7 Å². The quantitative estimate of drug-likeness (QED) is 0.207. The molecular formula is C31H25FN4O8S3. The van der Waals surface area contributed by atoms with Crippen LogP contribution in [0, 0.1) is 11.7 Å². The molecule has 16 heteroatoms. The molecule has 2 aliphatic rings. The van der Waals surface area contributed by atoms with E-state index in [2.05, 4.69) is 5.32 Å². The number of hydrogen-bond acceptors (Lipinski definition) is 10. The van der Waals surface area contributed by atoms with Gasteiger partial charge < -0.3 is 10.1 Å². The molecule has 3 N–H and O–H groups in total. The molecule has 0 aliphatic carbocycles. The number of imide groups is 1. The predicted molar refractivity (Wildman–Crippen MR) is 171 cm³/mol. The molecule has 3 aromatic carbocycles. The van der Waals surface area contributed by atoms with E-state index in [1.807, 2.05) is 0 Å². The summed E-state index contributed by atoms with van der Waals surface area (Å²) in [7, 11) is -3.93. The zero-order chi connectivity index (χ0) is 33.6. The Labute approximate surface area is 275 Å². The second-order valence-corrected chi connectivity index (χ2v) is 14.3. The maximum atomic E-state index is 14.0. The molecule has 1 aromatic heterocycles.